The van der Waals surface area contributed by atoms with Gasteiger partial charge in [-0.05, 0) is 35.7 Å². The minimum Gasteiger partial charge on any atom is -0.376 e. The molecule has 1 aliphatic rings. The highest BCUT2D eigenvalue weighted by Gasteiger charge is 2.18. The van der Waals surface area contributed by atoms with Crippen LogP contribution >= 0.6 is 11.3 Å². The molecule has 0 aliphatic carbocycles. The summed E-state index contributed by atoms with van der Waals surface area (Å²) in [4.78, 5) is 14.5. The molecule has 1 amide bonds. The Hall–Kier alpha value is -1.50. The van der Waals surface area contributed by atoms with Gasteiger partial charge in [-0.3, -0.25) is 9.00 Å². The first-order valence-electron chi connectivity index (χ1n) is 7.44. The fourth-order valence-electron chi connectivity index (χ4n) is 2.64. The van der Waals surface area contributed by atoms with Crippen LogP contribution in [0.2, 0.25) is 0 Å². The third-order valence-corrected chi connectivity index (χ3v) is 5.86. The van der Waals surface area contributed by atoms with Gasteiger partial charge in [-0.25, -0.2) is 0 Å². The van der Waals surface area contributed by atoms with E-state index in [0.29, 0.717) is 17.2 Å². The van der Waals surface area contributed by atoms with Crippen LogP contribution in [0.4, 0.5) is 5.69 Å². The molecular weight excluding hydrogens is 330 g/mol. The minimum absolute atomic E-state index is 0.0951. The Balaban J connectivity index is 1.80. The molecule has 23 heavy (non-hydrogen) atoms. The summed E-state index contributed by atoms with van der Waals surface area (Å²) in [5.41, 5.74) is 3.88. The quantitative estimate of drug-likeness (QED) is 0.922. The maximum absolute atomic E-state index is 12.5. The number of amides is 1. The van der Waals surface area contributed by atoms with Crippen molar-refractivity contribution in [2.24, 2.45) is 0 Å². The van der Waals surface area contributed by atoms with E-state index in [1.54, 1.807) is 17.6 Å². The van der Waals surface area contributed by atoms with E-state index in [1.807, 2.05) is 31.2 Å². The van der Waals surface area contributed by atoms with E-state index in [-0.39, 0.29) is 5.91 Å². The van der Waals surface area contributed by atoms with Gasteiger partial charge < -0.3 is 10.1 Å². The Labute approximate surface area is 142 Å². The molecule has 1 aromatic heterocycles. The molecule has 0 unspecified atom stereocenters. The molecule has 1 atom stereocenters. The number of carbonyl (C=O) groups excluding carboxylic acids is 1. The second-order valence-electron chi connectivity index (χ2n) is 5.62. The SMILES string of the molecule is Cc1c(C[S@@](C)=O)cccc1NC(=O)c1cc2c(s1)CCOC2. The lowest BCUT2D eigenvalue weighted by atomic mass is 10.1. The molecule has 0 fully saturated rings. The molecule has 3 rings (SSSR count). The number of thiophene rings is 1. The Kier molecular flexibility index (Phi) is 4.94. The van der Waals surface area contributed by atoms with Crippen LogP contribution in [0, 0.1) is 6.92 Å². The third kappa shape index (κ3) is 3.71. The molecule has 2 heterocycles. The van der Waals surface area contributed by atoms with Crippen LogP contribution in [-0.2, 0) is 34.3 Å². The fraction of sp³-hybridized carbons (Fsp3) is 0.353. The van der Waals surface area contributed by atoms with Crippen LogP contribution in [-0.4, -0.2) is 23.0 Å². The van der Waals surface area contributed by atoms with Gasteiger partial charge in [0.2, 0.25) is 0 Å². The van der Waals surface area contributed by atoms with E-state index in [1.165, 1.54) is 4.88 Å². The van der Waals surface area contributed by atoms with Crippen molar-refractivity contribution in [2.75, 3.05) is 18.2 Å². The second kappa shape index (κ2) is 6.95. The summed E-state index contributed by atoms with van der Waals surface area (Å²) in [6, 6.07) is 7.65. The van der Waals surface area contributed by atoms with Gasteiger partial charge in [-0.2, -0.15) is 0 Å². The number of nitrogens with one attached hydrogen (secondary N) is 1. The molecule has 0 saturated carbocycles. The molecule has 1 N–H and O–H groups in total. The van der Waals surface area contributed by atoms with Gasteiger partial charge >= 0.3 is 0 Å². The summed E-state index contributed by atoms with van der Waals surface area (Å²) in [6.45, 7) is 3.27. The summed E-state index contributed by atoms with van der Waals surface area (Å²) >= 11 is 1.54. The fourth-order valence-corrected chi connectivity index (χ4v) is 4.43. The predicted octanol–water partition coefficient (Wildman–Crippen LogP) is 3.26. The van der Waals surface area contributed by atoms with Gasteiger partial charge in [0, 0.05) is 39.8 Å². The zero-order chi connectivity index (χ0) is 16.4. The molecule has 122 valence electrons. The van der Waals surface area contributed by atoms with Crippen molar-refractivity contribution in [3.05, 3.63) is 50.7 Å². The van der Waals surface area contributed by atoms with E-state index in [2.05, 4.69) is 5.32 Å². The summed E-state index contributed by atoms with van der Waals surface area (Å²) < 4.78 is 16.9. The van der Waals surface area contributed by atoms with Gasteiger partial charge in [-0.1, -0.05) is 12.1 Å². The number of anilines is 1. The topological polar surface area (TPSA) is 55.4 Å². The average Bonchev–Trinajstić information content (AvgIpc) is 2.95. The Morgan fingerprint density at radius 1 is 1.43 bits per heavy atom. The average molecular weight is 349 g/mol. The molecule has 0 spiro atoms. The lowest BCUT2D eigenvalue weighted by molar-refractivity contribution is 0.102. The first-order chi connectivity index (χ1) is 11.0. The van der Waals surface area contributed by atoms with Crippen molar-refractivity contribution >= 4 is 33.7 Å². The molecular formula is C17H19NO3S2. The van der Waals surface area contributed by atoms with Crippen LogP contribution in [0.25, 0.3) is 0 Å². The van der Waals surface area contributed by atoms with Crippen molar-refractivity contribution < 1.29 is 13.7 Å². The van der Waals surface area contributed by atoms with Crippen molar-refractivity contribution in [3.8, 4) is 0 Å². The molecule has 1 aromatic carbocycles. The number of ether oxygens (including phenoxy) is 1. The highest BCUT2D eigenvalue weighted by Crippen LogP contribution is 2.28. The molecule has 0 bridgehead atoms. The number of hydrogen-bond donors (Lipinski definition) is 1. The van der Waals surface area contributed by atoms with Crippen LogP contribution in [0.15, 0.2) is 24.3 Å². The number of benzene rings is 1. The van der Waals surface area contributed by atoms with E-state index in [0.717, 1.165) is 35.4 Å². The van der Waals surface area contributed by atoms with Crippen molar-refractivity contribution in [1.82, 2.24) is 0 Å². The second-order valence-corrected chi connectivity index (χ2v) is 8.19. The van der Waals surface area contributed by atoms with Gasteiger partial charge in [-0.15, -0.1) is 11.3 Å². The van der Waals surface area contributed by atoms with Crippen LogP contribution < -0.4 is 5.32 Å². The lowest BCUT2D eigenvalue weighted by Crippen LogP contribution is -2.12. The Morgan fingerprint density at radius 2 is 2.26 bits per heavy atom. The highest BCUT2D eigenvalue weighted by atomic mass is 32.2. The molecule has 0 radical (unpaired) electrons. The molecule has 6 heteroatoms. The van der Waals surface area contributed by atoms with Gasteiger partial charge in [0.1, 0.15) is 0 Å². The van der Waals surface area contributed by atoms with Crippen LogP contribution in [0.3, 0.4) is 0 Å². The van der Waals surface area contributed by atoms with Crippen molar-refractivity contribution in [3.63, 3.8) is 0 Å². The Bertz CT molecular complexity index is 744. The number of hydrogen-bond acceptors (Lipinski definition) is 4. The molecule has 1 aliphatic heterocycles. The summed E-state index contributed by atoms with van der Waals surface area (Å²) in [5, 5.41) is 2.98. The maximum Gasteiger partial charge on any atom is 0.265 e. The van der Waals surface area contributed by atoms with E-state index in [4.69, 9.17) is 4.74 Å². The van der Waals surface area contributed by atoms with Gasteiger partial charge in [0.15, 0.2) is 0 Å². The first kappa shape index (κ1) is 16.4. The normalized spacial score (nSPS) is 15.0. The lowest BCUT2D eigenvalue weighted by Gasteiger charge is -2.11. The Morgan fingerprint density at radius 3 is 3.00 bits per heavy atom. The summed E-state index contributed by atoms with van der Waals surface area (Å²) in [5.74, 6) is 0.405. The van der Waals surface area contributed by atoms with Crippen molar-refractivity contribution in [2.45, 2.75) is 25.7 Å². The zero-order valence-electron chi connectivity index (χ0n) is 13.2. The van der Waals surface area contributed by atoms with Gasteiger partial charge in [0.05, 0.1) is 18.1 Å². The zero-order valence-corrected chi connectivity index (χ0v) is 14.8. The standard InChI is InChI=1S/C17H19NO3S2/c1-11-12(10-23(2)20)4-3-5-14(11)18-17(19)16-8-13-9-21-7-6-15(13)22-16/h3-5,8H,6-7,9-10H2,1-2H3,(H,18,19)/t23-/m1/s1. The monoisotopic (exact) mass is 349 g/mol. The van der Waals surface area contributed by atoms with E-state index < -0.39 is 10.8 Å². The predicted molar refractivity (Wildman–Crippen MR) is 94.6 cm³/mol. The highest BCUT2D eigenvalue weighted by molar-refractivity contribution is 7.83. The van der Waals surface area contributed by atoms with Gasteiger partial charge in [0.25, 0.3) is 5.91 Å². The smallest absolute Gasteiger partial charge is 0.265 e. The molecule has 2 aromatic rings. The third-order valence-electron chi connectivity index (χ3n) is 3.90. The van der Waals surface area contributed by atoms with E-state index in [9.17, 15) is 9.00 Å². The van der Waals surface area contributed by atoms with Crippen molar-refractivity contribution in [1.29, 1.82) is 0 Å². The number of carbonyl (C=O) groups is 1. The number of rotatable bonds is 4. The van der Waals surface area contributed by atoms with Crippen LogP contribution in [0.1, 0.15) is 31.2 Å². The molecule has 4 nitrogen and oxygen atoms in total. The minimum atomic E-state index is -0.904. The largest absolute Gasteiger partial charge is 0.376 e. The maximum atomic E-state index is 12.5. The van der Waals surface area contributed by atoms with Crippen LogP contribution in [0.5, 0.6) is 0 Å². The summed E-state index contributed by atoms with van der Waals surface area (Å²) in [6.07, 6.45) is 2.56. The summed E-state index contributed by atoms with van der Waals surface area (Å²) in [7, 11) is -0.904. The first-order valence-corrected chi connectivity index (χ1v) is 9.98. The number of fused-ring (bicyclic) bond motifs is 1. The molecule has 0 saturated heterocycles. The van der Waals surface area contributed by atoms with E-state index >= 15 is 0 Å².